The average molecular weight is 591 g/mol. The van der Waals surface area contributed by atoms with Gasteiger partial charge in [-0.1, -0.05) is 20.8 Å². The average Bonchev–Trinajstić information content (AvgIpc) is 2.92. The number of carbonyl (C=O) groups excluding carboxylic acids is 4. The van der Waals surface area contributed by atoms with Gasteiger partial charge in [0.15, 0.2) is 24.6 Å². The van der Waals surface area contributed by atoms with Crippen molar-refractivity contribution in [1.29, 1.82) is 5.26 Å². The number of hydrogen-bond donors (Lipinski definition) is 0. The number of carbonyl (C=O) groups is 4. The van der Waals surface area contributed by atoms with Crippen LogP contribution in [-0.4, -0.2) is 77.9 Å². The smallest absolute Gasteiger partial charge is 0.303 e. The molecule has 0 radical (unpaired) electrons. The molecule has 42 heavy (non-hydrogen) atoms. The number of esters is 4. The maximum absolute atomic E-state index is 12.4. The molecule has 13 nitrogen and oxygen atoms in total. The highest BCUT2D eigenvalue weighted by Crippen LogP contribution is 2.40. The van der Waals surface area contributed by atoms with Gasteiger partial charge in [0, 0.05) is 39.8 Å². The Morgan fingerprint density at radius 3 is 1.90 bits per heavy atom. The highest BCUT2D eigenvalue weighted by atomic mass is 16.7. The highest BCUT2D eigenvalue weighted by Gasteiger charge is 2.55. The standard InChI is InChI=1S/C29H38N2O11/c1-8-21-14(3)23(36-15(4)32)28(39-18(7)35)29(41-21)42-25-22(9-2)40-24(20-12-19(13-30)10-11-31-20)26(37-16(5)33)27(25)38-17(6)34/h10-12,14,21-29H,8-9H2,1-7H3/t14-,21-,22-,23+,24-,25-,26+,27+,28-,29-/m1/s1. The van der Waals surface area contributed by atoms with Crippen LogP contribution in [0.4, 0.5) is 0 Å². The fourth-order valence-electron chi connectivity index (χ4n) is 5.42. The van der Waals surface area contributed by atoms with Gasteiger partial charge >= 0.3 is 23.9 Å². The van der Waals surface area contributed by atoms with E-state index >= 15 is 0 Å². The molecule has 2 fully saturated rings. The Hall–Kier alpha value is -3.60. The van der Waals surface area contributed by atoms with Gasteiger partial charge in [0.05, 0.1) is 29.5 Å². The zero-order valence-electron chi connectivity index (χ0n) is 24.8. The van der Waals surface area contributed by atoms with Gasteiger partial charge in [-0.05, 0) is 25.0 Å². The summed E-state index contributed by atoms with van der Waals surface area (Å²) >= 11 is 0. The normalized spacial score (nSPS) is 32.6. The van der Waals surface area contributed by atoms with Crippen molar-refractivity contribution in [3.05, 3.63) is 29.6 Å². The molecule has 2 aliphatic rings. The molecule has 0 bridgehead atoms. The summed E-state index contributed by atoms with van der Waals surface area (Å²) in [5.74, 6) is -2.94. The van der Waals surface area contributed by atoms with E-state index in [2.05, 4.69) is 4.98 Å². The second kappa shape index (κ2) is 14.5. The first-order chi connectivity index (χ1) is 19.9. The summed E-state index contributed by atoms with van der Waals surface area (Å²) in [5, 5.41) is 9.41. The Morgan fingerprint density at radius 1 is 0.810 bits per heavy atom. The van der Waals surface area contributed by atoms with Gasteiger partial charge < -0.3 is 33.2 Å². The van der Waals surface area contributed by atoms with Gasteiger partial charge in [0.25, 0.3) is 0 Å². The second-order valence-electron chi connectivity index (χ2n) is 10.3. The summed E-state index contributed by atoms with van der Waals surface area (Å²) < 4.78 is 41.6. The van der Waals surface area contributed by atoms with E-state index in [4.69, 9.17) is 33.2 Å². The van der Waals surface area contributed by atoms with Crippen molar-refractivity contribution >= 4 is 23.9 Å². The molecule has 0 aliphatic carbocycles. The fraction of sp³-hybridized carbons (Fsp3) is 0.655. The lowest BCUT2D eigenvalue weighted by Crippen LogP contribution is -2.63. The lowest BCUT2D eigenvalue weighted by molar-refractivity contribution is -0.335. The Labute approximate surface area is 244 Å². The molecule has 0 saturated carbocycles. The van der Waals surface area contributed by atoms with Crippen molar-refractivity contribution in [2.75, 3.05) is 0 Å². The monoisotopic (exact) mass is 590 g/mol. The molecule has 3 rings (SSSR count). The topological polar surface area (TPSA) is 170 Å². The van der Waals surface area contributed by atoms with Crippen LogP contribution in [0.5, 0.6) is 0 Å². The summed E-state index contributed by atoms with van der Waals surface area (Å²) in [6, 6.07) is 5.05. The van der Waals surface area contributed by atoms with Gasteiger partial charge in [0.2, 0.25) is 0 Å². The molecule has 0 amide bonds. The molecule has 1 aromatic rings. The molecule has 2 aliphatic heterocycles. The van der Waals surface area contributed by atoms with Gasteiger partial charge in [-0.25, -0.2) is 0 Å². The van der Waals surface area contributed by atoms with Crippen LogP contribution in [0.2, 0.25) is 0 Å². The third-order valence-electron chi connectivity index (χ3n) is 7.15. The number of ether oxygens (including phenoxy) is 7. The van der Waals surface area contributed by atoms with Gasteiger partial charge in [0.1, 0.15) is 18.3 Å². The zero-order valence-corrected chi connectivity index (χ0v) is 24.8. The molecule has 1 aromatic heterocycles. The first-order valence-corrected chi connectivity index (χ1v) is 13.9. The predicted octanol–water partition coefficient (Wildman–Crippen LogP) is 2.69. The van der Waals surface area contributed by atoms with E-state index in [9.17, 15) is 24.4 Å². The summed E-state index contributed by atoms with van der Waals surface area (Å²) in [7, 11) is 0. The van der Waals surface area contributed by atoms with Gasteiger partial charge in [-0.2, -0.15) is 5.26 Å². The van der Waals surface area contributed by atoms with Gasteiger partial charge in [-0.3, -0.25) is 24.2 Å². The van der Waals surface area contributed by atoms with E-state index in [0.717, 1.165) is 0 Å². The van der Waals surface area contributed by atoms with E-state index in [0.29, 0.717) is 18.4 Å². The SMILES string of the molecule is CC[C@H]1O[C@H](O[C@H]2[C@H](OC(C)=O)[C@@H](OC(C)=O)[C@@H](c3cc(C#N)ccn3)O[C@@H]2CC)[C@H](OC(C)=O)[C@@H](OC(C)=O)[C@@H]1C. The number of hydrogen-bond acceptors (Lipinski definition) is 13. The van der Waals surface area contributed by atoms with Crippen LogP contribution in [0.15, 0.2) is 18.3 Å². The predicted molar refractivity (Wildman–Crippen MR) is 142 cm³/mol. The molecule has 3 heterocycles. The van der Waals surface area contributed by atoms with Crippen LogP contribution in [0.25, 0.3) is 0 Å². The lowest BCUT2D eigenvalue weighted by atomic mass is 9.88. The second-order valence-corrected chi connectivity index (χ2v) is 10.3. The van der Waals surface area contributed by atoms with Crippen LogP contribution in [-0.2, 0) is 52.3 Å². The summed E-state index contributed by atoms with van der Waals surface area (Å²) in [5.41, 5.74) is 0.590. The Kier molecular flexibility index (Phi) is 11.4. The number of aromatic nitrogens is 1. The third-order valence-corrected chi connectivity index (χ3v) is 7.15. The van der Waals surface area contributed by atoms with Gasteiger partial charge in [-0.15, -0.1) is 0 Å². The van der Waals surface area contributed by atoms with E-state index in [1.807, 2.05) is 26.8 Å². The maximum Gasteiger partial charge on any atom is 0.303 e. The van der Waals surface area contributed by atoms with Crippen LogP contribution < -0.4 is 0 Å². The quantitative estimate of drug-likeness (QED) is 0.304. The van der Waals surface area contributed by atoms with Crippen molar-refractivity contribution in [2.45, 2.75) is 116 Å². The molecule has 0 aromatic carbocycles. The largest absolute Gasteiger partial charge is 0.458 e. The number of rotatable bonds is 9. The van der Waals surface area contributed by atoms with Crippen molar-refractivity contribution in [2.24, 2.45) is 5.92 Å². The fourth-order valence-corrected chi connectivity index (χ4v) is 5.42. The Morgan fingerprint density at radius 2 is 1.36 bits per heavy atom. The molecule has 230 valence electrons. The minimum absolute atomic E-state index is 0.288. The molecule has 10 atom stereocenters. The summed E-state index contributed by atoms with van der Waals surface area (Å²) in [6.45, 7) is 10.4. The first kappa shape index (κ1) is 32.9. The number of nitrogens with zero attached hydrogens (tertiary/aromatic N) is 2. The van der Waals surface area contributed by atoms with Crippen molar-refractivity contribution in [3.63, 3.8) is 0 Å². The van der Waals surface area contributed by atoms with E-state index in [-0.39, 0.29) is 11.6 Å². The van der Waals surface area contributed by atoms with E-state index in [1.165, 1.54) is 46.0 Å². The first-order valence-electron chi connectivity index (χ1n) is 13.9. The Bertz CT molecular complexity index is 1180. The molecule has 0 unspecified atom stereocenters. The molecular weight excluding hydrogens is 552 g/mol. The molecule has 13 heteroatoms. The minimum atomic E-state index is -1.27. The molecule has 2 saturated heterocycles. The minimum Gasteiger partial charge on any atom is -0.458 e. The lowest BCUT2D eigenvalue weighted by Gasteiger charge is -2.49. The van der Waals surface area contributed by atoms with Crippen LogP contribution >= 0.6 is 0 Å². The van der Waals surface area contributed by atoms with Crippen LogP contribution in [0.3, 0.4) is 0 Å². The van der Waals surface area contributed by atoms with Crippen molar-refractivity contribution < 1.29 is 52.3 Å². The van der Waals surface area contributed by atoms with E-state index < -0.39 is 79.0 Å². The van der Waals surface area contributed by atoms with Crippen LogP contribution in [0.1, 0.15) is 78.7 Å². The molecular formula is C29H38N2O11. The molecule has 0 spiro atoms. The summed E-state index contributed by atoms with van der Waals surface area (Å²) in [6.07, 6.45) is -6.84. The number of nitriles is 1. The highest BCUT2D eigenvalue weighted by molar-refractivity contribution is 5.68. The third kappa shape index (κ3) is 7.81. The number of pyridine rings is 1. The maximum atomic E-state index is 12.4. The van der Waals surface area contributed by atoms with E-state index in [1.54, 1.807) is 0 Å². The molecule has 0 N–H and O–H groups in total. The van der Waals surface area contributed by atoms with Crippen molar-refractivity contribution in [3.8, 4) is 6.07 Å². The van der Waals surface area contributed by atoms with Crippen molar-refractivity contribution in [1.82, 2.24) is 4.98 Å². The zero-order chi connectivity index (χ0) is 31.1. The summed E-state index contributed by atoms with van der Waals surface area (Å²) in [4.78, 5) is 53.1. The van der Waals surface area contributed by atoms with Crippen LogP contribution in [0, 0.1) is 17.2 Å². The Balaban J connectivity index is 2.08.